The van der Waals surface area contributed by atoms with Crippen molar-refractivity contribution >= 4 is 5.91 Å². The zero-order valence-corrected chi connectivity index (χ0v) is 13.4. The molecule has 0 radical (unpaired) electrons. The van der Waals surface area contributed by atoms with Crippen LogP contribution in [0.5, 0.6) is 0 Å². The van der Waals surface area contributed by atoms with Crippen molar-refractivity contribution in [1.82, 2.24) is 9.80 Å². The summed E-state index contributed by atoms with van der Waals surface area (Å²) in [5.41, 5.74) is 1.22. The van der Waals surface area contributed by atoms with Gasteiger partial charge in [-0.05, 0) is 24.8 Å². The summed E-state index contributed by atoms with van der Waals surface area (Å²) >= 11 is 0. The number of nitrogens with zero attached hydrogens (tertiary/aromatic N) is 2. The van der Waals surface area contributed by atoms with E-state index in [0.29, 0.717) is 18.6 Å². The number of amides is 1. The first kappa shape index (κ1) is 15.5. The van der Waals surface area contributed by atoms with Crippen LogP contribution in [0.15, 0.2) is 30.3 Å². The van der Waals surface area contributed by atoms with Crippen molar-refractivity contribution in [2.24, 2.45) is 5.92 Å². The Kier molecular flexibility index (Phi) is 5.11. The number of rotatable bonds is 6. The van der Waals surface area contributed by atoms with Gasteiger partial charge in [-0.1, -0.05) is 30.3 Å². The van der Waals surface area contributed by atoms with E-state index in [2.05, 4.69) is 17.0 Å². The van der Waals surface area contributed by atoms with Crippen molar-refractivity contribution in [1.29, 1.82) is 0 Å². The largest absolute Gasteiger partial charge is 0.377 e. The number of hydrogen-bond donors (Lipinski definition) is 0. The molecule has 0 spiro atoms. The predicted octanol–water partition coefficient (Wildman–Crippen LogP) is 2.15. The highest BCUT2D eigenvalue weighted by molar-refractivity contribution is 5.80. The Hall–Kier alpha value is -1.39. The van der Waals surface area contributed by atoms with Gasteiger partial charge in [-0.15, -0.1) is 0 Å². The van der Waals surface area contributed by atoms with Gasteiger partial charge in [-0.3, -0.25) is 4.79 Å². The van der Waals surface area contributed by atoms with Crippen LogP contribution in [0, 0.1) is 5.92 Å². The topological polar surface area (TPSA) is 32.8 Å². The molecule has 3 fully saturated rings. The van der Waals surface area contributed by atoms with E-state index in [-0.39, 0.29) is 5.92 Å². The number of carbonyl (C=O) groups excluding carboxylic acids is 1. The molecule has 0 unspecified atom stereocenters. The summed E-state index contributed by atoms with van der Waals surface area (Å²) in [5.74, 6) is 0.563. The van der Waals surface area contributed by atoms with Crippen LogP contribution in [-0.4, -0.2) is 55.0 Å². The molecule has 3 aliphatic heterocycles. The molecular formula is C18H26N2O2. The lowest BCUT2D eigenvalue weighted by molar-refractivity contribution is -0.138. The third kappa shape index (κ3) is 3.68. The van der Waals surface area contributed by atoms with Gasteiger partial charge in [0.15, 0.2) is 0 Å². The molecule has 2 atom stereocenters. The highest BCUT2D eigenvalue weighted by Gasteiger charge is 2.38. The minimum Gasteiger partial charge on any atom is -0.377 e. The van der Waals surface area contributed by atoms with E-state index in [0.717, 1.165) is 45.5 Å². The van der Waals surface area contributed by atoms with Gasteiger partial charge >= 0.3 is 0 Å². The standard InChI is InChI=1S/C18H26N2O2/c1-19-17-9-8-16(18(19)21)12-20(13-17)10-5-11-22-14-15-6-3-2-4-7-15/h2-4,6-7,16-17H,5,8-14H2,1H3/t16-,17+/m1/s1. The van der Waals surface area contributed by atoms with E-state index in [1.165, 1.54) is 5.56 Å². The lowest BCUT2D eigenvalue weighted by atomic mass is 9.95. The second-order valence-electron chi connectivity index (χ2n) is 6.53. The van der Waals surface area contributed by atoms with Gasteiger partial charge < -0.3 is 14.5 Å². The Bertz CT molecular complexity index is 491. The summed E-state index contributed by atoms with van der Waals surface area (Å²) in [4.78, 5) is 16.6. The van der Waals surface area contributed by atoms with Crippen LogP contribution in [-0.2, 0) is 16.1 Å². The molecule has 2 bridgehead atoms. The molecule has 4 rings (SSSR count). The van der Waals surface area contributed by atoms with Crippen LogP contribution < -0.4 is 0 Å². The lowest BCUT2D eigenvalue weighted by Gasteiger charge is -2.32. The number of hydrogen-bond acceptors (Lipinski definition) is 3. The second-order valence-corrected chi connectivity index (χ2v) is 6.53. The smallest absolute Gasteiger partial charge is 0.227 e. The average molecular weight is 302 g/mol. The minimum absolute atomic E-state index is 0.217. The summed E-state index contributed by atoms with van der Waals surface area (Å²) < 4.78 is 5.75. The van der Waals surface area contributed by atoms with E-state index >= 15 is 0 Å². The van der Waals surface area contributed by atoms with Gasteiger partial charge in [0.05, 0.1) is 12.5 Å². The Morgan fingerprint density at radius 2 is 2.00 bits per heavy atom. The fourth-order valence-corrected chi connectivity index (χ4v) is 3.58. The summed E-state index contributed by atoms with van der Waals surface area (Å²) in [6.45, 7) is 4.45. The van der Waals surface area contributed by atoms with Crippen molar-refractivity contribution in [2.75, 3.05) is 33.3 Å². The molecule has 4 nitrogen and oxygen atoms in total. The third-order valence-corrected chi connectivity index (χ3v) is 4.92. The molecule has 3 heterocycles. The third-order valence-electron chi connectivity index (χ3n) is 4.92. The zero-order chi connectivity index (χ0) is 15.4. The number of ether oxygens (including phenoxy) is 1. The first-order valence-electron chi connectivity index (χ1n) is 8.35. The van der Waals surface area contributed by atoms with Gasteiger partial charge in [0, 0.05) is 39.3 Å². The molecule has 120 valence electrons. The van der Waals surface area contributed by atoms with Crippen LogP contribution in [0.2, 0.25) is 0 Å². The number of likely N-dealkylation sites (N-methyl/N-ethyl adjacent to an activating group) is 1. The number of carbonyl (C=O) groups is 1. The maximum atomic E-state index is 12.2. The van der Waals surface area contributed by atoms with E-state index in [1.54, 1.807) is 0 Å². The highest BCUT2D eigenvalue weighted by atomic mass is 16.5. The SMILES string of the molecule is CN1C(=O)[C@@H]2CC[C@H]1CN(CCCOCc1ccccc1)C2. The molecule has 3 aliphatic rings. The first-order chi connectivity index (χ1) is 10.7. The summed E-state index contributed by atoms with van der Waals surface area (Å²) in [5, 5.41) is 0. The quantitative estimate of drug-likeness (QED) is 0.755. The average Bonchev–Trinajstić information content (AvgIpc) is 2.81. The van der Waals surface area contributed by atoms with Crippen molar-refractivity contribution in [3.8, 4) is 0 Å². The molecule has 0 saturated carbocycles. The number of piperidine rings is 1. The molecule has 4 heteroatoms. The summed E-state index contributed by atoms with van der Waals surface area (Å²) in [6.07, 6.45) is 3.26. The van der Waals surface area contributed by atoms with Gasteiger partial charge in [0.1, 0.15) is 0 Å². The van der Waals surface area contributed by atoms with Gasteiger partial charge in [-0.2, -0.15) is 0 Å². The van der Waals surface area contributed by atoms with Crippen molar-refractivity contribution in [2.45, 2.75) is 31.9 Å². The van der Waals surface area contributed by atoms with E-state index in [9.17, 15) is 4.79 Å². The van der Waals surface area contributed by atoms with Crippen LogP contribution in [0.1, 0.15) is 24.8 Å². The molecule has 0 aromatic heterocycles. The van der Waals surface area contributed by atoms with Crippen molar-refractivity contribution < 1.29 is 9.53 Å². The molecule has 22 heavy (non-hydrogen) atoms. The van der Waals surface area contributed by atoms with Crippen LogP contribution in [0.3, 0.4) is 0 Å². The van der Waals surface area contributed by atoms with E-state index in [4.69, 9.17) is 4.74 Å². The van der Waals surface area contributed by atoms with E-state index < -0.39 is 0 Å². The van der Waals surface area contributed by atoms with Gasteiger partial charge in [-0.25, -0.2) is 0 Å². The normalized spacial score (nSPS) is 25.5. The molecular weight excluding hydrogens is 276 g/mol. The van der Waals surface area contributed by atoms with Crippen LogP contribution in [0.4, 0.5) is 0 Å². The fourth-order valence-electron chi connectivity index (χ4n) is 3.58. The Morgan fingerprint density at radius 3 is 2.82 bits per heavy atom. The first-order valence-corrected chi connectivity index (χ1v) is 8.35. The summed E-state index contributed by atoms with van der Waals surface area (Å²) in [6, 6.07) is 10.7. The fraction of sp³-hybridized carbons (Fsp3) is 0.611. The molecule has 0 N–H and O–H groups in total. The Labute approximate surface area is 133 Å². The maximum absolute atomic E-state index is 12.2. The molecule has 3 saturated heterocycles. The van der Waals surface area contributed by atoms with E-state index in [1.807, 2.05) is 30.1 Å². The Balaban J connectivity index is 1.38. The number of benzene rings is 1. The van der Waals surface area contributed by atoms with Gasteiger partial charge in [0.25, 0.3) is 0 Å². The summed E-state index contributed by atoms with van der Waals surface area (Å²) in [7, 11) is 1.96. The molecule has 1 aromatic rings. The van der Waals surface area contributed by atoms with Crippen molar-refractivity contribution in [3.05, 3.63) is 35.9 Å². The molecule has 1 amide bonds. The minimum atomic E-state index is 0.217. The molecule has 1 aromatic carbocycles. The van der Waals surface area contributed by atoms with Crippen molar-refractivity contribution in [3.63, 3.8) is 0 Å². The van der Waals surface area contributed by atoms with Crippen LogP contribution in [0.25, 0.3) is 0 Å². The maximum Gasteiger partial charge on any atom is 0.227 e. The number of fused-ring (bicyclic) bond motifs is 4. The highest BCUT2D eigenvalue weighted by Crippen LogP contribution is 2.27. The zero-order valence-electron chi connectivity index (χ0n) is 13.4. The second kappa shape index (κ2) is 7.25. The van der Waals surface area contributed by atoms with Crippen LogP contribution >= 0.6 is 0 Å². The molecule has 0 aliphatic carbocycles. The lowest BCUT2D eigenvalue weighted by Crippen LogP contribution is -2.45. The van der Waals surface area contributed by atoms with Gasteiger partial charge in [0.2, 0.25) is 5.91 Å². The Morgan fingerprint density at radius 1 is 1.18 bits per heavy atom. The predicted molar refractivity (Wildman–Crippen MR) is 86.4 cm³/mol. The monoisotopic (exact) mass is 302 g/mol.